The van der Waals surface area contributed by atoms with Gasteiger partial charge in [0, 0.05) is 0 Å². The summed E-state index contributed by atoms with van der Waals surface area (Å²) in [5.41, 5.74) is -0.590. The van der Waals surface area contributed by atoms with Crippen molar-refractivity contribution in [3.05, 3.63) is 0 Å². The standard InChI is InChI=1S/C14H27NO4/c1-9(2)8-18-12(16)11(10(3)4)15-13(17)19-14(5,6)7/h9-11H,8H2,1-7H3,(H,15,17)/t11-/m0/s1. The van der Waals surface area contributed by atoms with E-state index in [9.17, 15) is 9.59 Å². The van der Waals surface area contributed by atoms with Gasteiger partial charge in [-0.1, -0.05) is 27.7 Å². The minimum absolute atomic E-state index is 0.0628. The van der Waals surface area contributed by atoms with Gasteiger partial charge < -0.3 is 14.8 Å². The van der Waals surface area contributed by atoms with Gasteiger partial charge in [0.05, 0.1) is 6.61 Å². The van der Waals surface area contributed by atoms with Crippen molar-refractivity contribution in [3.63, 3.8) is 0 Å². The molecule has 1 amide bonds. The van der Waals surface area contributed by atoms with E-state index in [4.69, 9.17) is 9.47 Å². The zero-order valence-corrected chi connectivity index (χ0v) is 13.1. The van der Waals surface area contributed by atoms with E-state index in [0.717, 1.165) is 0 Å². The van der Waals surface area contributed by atoms with Crippen LogP contribution >= 0.6 is 0 Å². The Morgan fingerprint density at radius 2 is 1.63 bits per heavy atom. The third-order valence-electron chi connectivity index (χ3n) is 2.15. The first-order valence-corrected chi connectivity index (χ1v) is 6.69. The first-order valence-electron chi connectivity index (χ1n) is 6.69. The maximum Gasteiger partial charge on any atom is 0.408 e. The van der Waals surface area contributed by atoms with Crippen molar-refractivity contribution < 1.29 is 19.1 Å². The largest absolute Gasteiger partial charge is 0.464 e. The molecule has 5 nitrogen and oxygen atoms in total. The monoisotopic (exact) mass is 273 g/mol. The van der Waals surface area contributed by atoms with Crippen LogP contribution in [0.4, 0.5) is 4.79 Å². The molecule has 0 saturated carbocycles. The van der Waals surface area contributed by atoms with Gasteiger partial charge in [0.1, 0.15) is 11.6 Å². The molecule has 0 aromatic rings. The van der Waals surface area contributed by atoms with E-state index in [1.165, 1.54) is 0 Å². The first-order chi connectivity index (χ1) is 8.53. The molecule has 0 rings (SSSR count). The van der Waals surface area contributed by atoms with Crippen LogP contribution in [-0.2, 0) is 14.3 Å². The van der Waals surface area contributed by atoms with Crippen molar-refractivity contribution in [1.29, 1.82) is 0 Å². The lowest BCUT2D eigenvalue weighted by Gasteiger charge is -2.24. The van der Waals surface area contributed by atoms with Crippen molar-refractivity contribution in [3.8, 4) is 0 Å². The van der Waals surface area contributed by atoms with Crippen LogP contribution in [-0.4, -0.2) is 30.3 Å². The Hall–Kier alpha value is -1.26. The molecule has 112 valence electrons. The summed E-state index contributed by atoms with van der Waals surface area (Å²) < 4.78 is 10.3. The number of rotatable bonds is 5. The van der Waals surface area contributed by atoms with Crippen molar-refractivity contribution in [1.82, 2.24) is 5.32 Å². The molecule has 0 bridgehead atoms. The second-order valence-corrected chi connectivity index (χ2v) is 6.39. The van der Waals surface area contributed by atoms with Crippen LogP contribution in [0, 0.1) is 11.8 Å². The van der Waals surface area contributed by atoms with Crippen LogP contribution in [0.25, 0.3) is 0 Å². The predicted octanol–water partition coefficient (Wildman–Crippen LogP) is 2.73. The number of amides is 1. The Kier molecular flexibility index (Phi) is 6.87. The van der Waals surface area contributed by atoms with Gasteiger partial charge in [0.15, 0.2) is 0 Å². The summed E-state index contributed by atoms with van der Waals surface area (Å²) in [6, 6.07) is -0.686. The fourth-order valence-corrected chi connectivity index (χ4v) is 1.27. The third-order valence-corrected chi connectivity index (χ3v) is 2.15. The van der Waals surface area contributed by atoms with Gasteiger partial charge in [-0.3, -0.25) is 0 Å². The fraction of sp³-hybridized carbons (Fsp3) is 0.857. The van der Waals surface area contributed by atoms with Gasteiger partial charge in [-0.15, -0.1) is 0 Å². The maximum atomic E-state index is 11.9. The summed E-state index contributed by atoms with van der Waals surface area (Å²) in [7, 11) is 0. The summed E-state index contributed by atoms with van der Waals surface area (Å²) in [4.78, 5) is 23.6. The summed E-state index contributed by atoms with van der Waals surface area (Å²) in [5, 5.41) is 2.56. The average molecular weight is 273 g/mol. The van der Waals surface area contributed by atoms with Gasteiger partial charge in [-0.2, -0.15) is 0 Å². The van der Waals surface area contributed by atoms with Gasteiger partial charge >= 0.3 is 12.1 Å². The normalized spacial score (nSPS) is 13.3. The molecule has 0 aromatic heterocycles. The van der Waals surface area contributed by atoms with E-state index in [1.807, 2.05) is 27.7 Å². The van der Waals surface area contributed by atoms with Crippen molar-refractivity contribution in [2.45, 2.75) is 60.1 Å². The number of nitrogens with one attached hydrogen (secondary N) is 1. The quantitative estimate of drug-likeness (QED) is 0.782. The van der Waals surface area contributed by atoms with Gasteiger partial charge in [0.2, 0.25) is 0 Å². The van der Waals surface area contributed by atoms with E-state index in [-0.39, 0.29) is 11.8 Å². The Balaban J connectivity index is 4.49. The predicted molar refractivity (Wildman–Crippen MR) is 73.8 cm³/mol. The highest BCUT2D eigenvalue weighted by Crippen LogP contribution is 2.10. The van der Waals surface area contributed by atoms with E-state index >= 15 is 0 Å². The molecule has 19 heavy (non-hydrogen) atoms. The lowest BCUT2D eigenvalue weighted by atomic mass is 10.1. The second-order valence-electron chi connectivity index (χ2n) is 6.39. The van der Waals surface area contributed by atoms with Crippen LogP contribution in [0.2, 0.25) is 0 Å². The van der Waals surface area contributed by atoms with Crippen LogP contribution in [0.5, 0.6) is 0 Å². The van der Waals surface area contributed by atoms with Gasteiger partial charge in [-0.25, -0.2) is 9.59 Å². The third kappa shape index (κ3) is 8.46. The summed E-state index contributed by atoms with van der Waals surface area (Å²) >= 11 is 0. The lowest BCUT2D eigenvalue weighted by molar-refractivity contribution is -0.148. The molecule has 0 aromatic carbocycles. The van der Waals surface area contributed by atoms with Crippen molar-refractivity contribution in [2.75, 3.05) is 6.61 Å². The van der Waals surface area contributed by atoms with Crippen molar-refractivity contribution >= 4 is 12.1 Å². The molecule has 0 spiro atoms. The number of ether oxygens (including phenoxy) is 2. The highest BCUT2D eigenvalue weighted by atomic mass is 16.6. The fourth-order valence-electron chi connectivity index (χ4n) is 1.27. The SMILES string of the molecule is CC(C)COC(=O)[C@@H](NC(=O)OC(C)(C)C)C(C)C. The second kappa shape index (κ2) is 7.36. The number of alkyl carbamates (subject to hydrolysis) is 1. The molecular weight excluding hydrogens is 246 g/mol. The molecule has 0 aliphatic rings. The molecule has 0 radical (unpaired) electrons. The number of hydrogen-bond donors (Lipinski definition) is 1. The van der Waals surface area contributed by atoms with Crippen LogP contribution in [0.1, 0.15) is 48.5 Å². The zero-order valence-electron chi connectivity index (χ0n) is 13.1. The number of hydrogen-bond acceptors (Lipinski definition) is 4. The van der Waals surface area contributed by atoms with E-state index in [0.29, 0.717) is 6.61 Å². The van der Waals surface area contributed by atoms with E-state index in [1.54, 1.807) is 20.8 Å². The summed E-state index contributed by atoms with van der Waals surface area (Å²) in [6.07, 6.45) is -0.604. The molecule has 0 saturated heterocycles. The van der Waals surface area contributed by atoms with Crippen LogP contribution in [0.3, 0.4) is 0 Å². The van der Waals surface area contributed by atoms with Gasteiger partial charge in [-0.05, 0) is 32.6 Å². The highest BCUT2D eigenvalue weighted by molar-refractivity contribution is 5.81. The highest BCUT2D eigenvalue weighted by Gasteiger charge is 2.28. The maximum absolute atomic E-state index is 11.9. The number of esters is 1. The van der Waals surface area contributed by atoms with Crippen molar-refractivity contribution in [2.24, 2.45) is 11.8 Å². The molecule has 0 unspecified atom stereocenters. The minimum atomic E-state index is -0.686. The zero-order chi connectivity index (χ0) is 15.2. The first kappa shape index (κ1) is 17.7. The average Bonchev–Trinajstić information content (AvgIpc) is 2.19. The Bertz CT molecular complexity index is 305. The molecule has 0 fully saturated rings. The smallest absolute Gasteiger partial charge is 0.408 e. The molecule has 0 aliphatic carbocycles. The van der Waals surface area contributed by atoms with Crippen LogP contribution < -0.4 is 5.32 Å². The van der Waals surface area contributed by atoms with Gasteiger partial charge in [0.25, 0.3) is 0 Å². The number of carbonyl (C=O) groups is 2. The summed E-state index contributed by atoms with van der Waals surface area (Å²) in [5.74, 6) is -0.222. The van der Waals surface area contributed by atoms with Crippen LogP contribution in [0.15, 0.2) is 0 Å². The molecule has 1 atom stereocenters. The Morgan fingerprint density at radius 3 is 2.00 bits per heavy atom. The molecule has 5 heteroatoms. The molecular formula is C14H27NO4. The topological polar surface area (TPSA) is 64.6 Å². The Labute approximate surface area is 116 Å². The molecule has 1 N–H and O–H groups in total. The number of carbonyl (C=O) groups excluding carboxylic acids is 2. The Morgan fingerprint density at radius 1 is 1.11 bits per heavy atom. The summed E-state index contributed by atoms with van der Waals surface area (Å²) in [6.45, 7) is 13.3. The molecule has 0 aliphatic heterocycles. The lowest BCUT2D eigenvalue weighted by Crippen LogP contribution is -2.47. The van der Waals surface area contributed by atoms with E-state index in [2.05, 4.69) is 5.32 Å². The minimum Gasteiger partial charge on any atom is -0.464 e. The molecule has 0 heterocycles. The van der Waals surface area contributed by atoms with E-state index < -0.39 is 23.7 Å².